The number of nitrogens with zero attached hydrogens (tertiary/aromatic N) is 3. The minimum Gasteiger partial charge on any atom is -0.342 e. The van der Waals surface area contributed by atoms with Gasteiger partial charge in [0, 0.05) is 31.4 Å². The van der Waals surface area contributed by atoms with Gasteiger partial charge in [-0.2, -0.15) is 0 Å². The molecule has 1 fully saturated rings. The first-order chi connectivity index (χ1) is 17.1. The minimum atomic E-state index is -3.79. The molecule has 198 valence electrons. The number of benzene rings is 1. The van der Waals surface area contributed by atoms with Crippen LogP contribution in [0.25, 0.3) is 0 Å². The van der Waals surface area contributed by atoms with Crippen LogP contribution in [0.5, 0.6) is 0 Å². The molecule has 0 unspecified atom stereocenters. The molecule has 0 spiro atoms. The first kappa shape index (κ1) is 27.9. The summed E-state index contributed by atoms with van der Waals surface area (Å²) in [5, 5.41) is 5.28. The van der Waals surface area contributed by atoms with Gasteiger partial charge in [0.05, 0.1) is 12.7 Å². The van der Waals surface area contributed by atoms with E-state index in [0.29, 0.717) is 19.6 Å². The van der Waals surface area contributed by atoms with E-state index in [2.05, 4.69) is 15.6 Å². The molecular weight excluding hydrogens is 512 g/mol. The van der Waals surface area contributed by atoms with E-state index in [1.165, 1.54) is 11.0 Å². The third-order valence-electron chi connectivity index (χ3n) is 6.06. The highest BCUT2D eigenvalue weighted by atomic mass is 32.2. The minimum absolute atomic E-state index is 0.0526. The van der Waals surface area contributed by atoms with Crippen molar-refractivity contribution in [3.8, 4) is 0 Å². The van der Waals surface area contributed by atoms with Crippen molar-refractivity contribution in [2.24, 2.45) is 5.92 Å². The van der Waals surface area contributed by atoms with Crippen LogP contribution in [-0.4, -0.2) is 62.3 Å². The molecular formula is C23H31F2N5O4S2. The van der Waals surface area contributed by atoms with E-state index >= 15 is 0 Å². The zero-order valence-electron chi connectivity index (χ0n) is 20.3. The van der Waals surface area contributed by atoms with Crippen LogP contribution in [0, 0.1) is 17.6 Å². The fourth-order valence-corrected chi connectivity index (χ4v) is 6.27. The molecule has 0 radical (unpaired) electrons. The molecule has 2 N–H and O–H groups in total. The summed E-state index contributed by atoms with van der Waals surface area (Å²) in [6.07, 6.45) is 5.08. The molecule has 3 amide bonds. The van der Waals surface area contributed by atoms with Gasteiger partial charge in [0.15, 0.2) is 16.8 Å². The lowest BCUT2D eigenvalue weighted by atomic mass is 10.1. The van der Waals surface area contributed by atoms with Crippen molar-refractivity contribution in [1.82, 2.24) is 15.2 Å². The Morgan fingerprint density at radius 2 is 1.83 bits per heavy atom. The number of halogens is 2. The Bertz CT molecular complexity index is 1170. The lowest BCUT2D eigenvalue weighted by molar-refractivity contribution is -0.129. The lowest BCUT2D eigenvalue weighted by Gasteiger charge is -2.25. The molecule has 13 heteroatoms. The van der Waals surface area contributed by atoms with E-state index in [1.54, 1.807) is 4.90 Å². The molecule has 0 aliphatic heterocycles. The van der Waals surface area contributed by atoms with Crippen LogP contribution in [0.4, 0.5) is 24.4 Å². The Balaban J connectivity index is 1.67. The smallest absolute Gasteiger partial charge is 0.328 e. The molecule has 0 atom stereocenters. The van der Waals surface area contributed by atoms with Gasteiger partial charge in [0.1, 0.15) is 10.1 Å². The SMILES string of the molecule is CCN(CC)C(=O)CNCS(=O)(=O)c1cnc(NC(=O)N(CC2CCCC2)c2ccc(F)c(F)c2)s1. The van der Waals surface area contributed by atoms with Crippen molar-refractivity contribution >= 4 is 43.9 Å². The molecule has 1 heterocycles. The predicted octanol–water partition coefficient (Wildman–Crippen LogP) is 3.84. The molecule has 1 saturated carbocycles. The largest absolute Gasteiger partial charge is 0.342 e. The van der Waals surface area contributed by atoms with E-state index in [4.69, 9.17) is 0 Å². The number of hydrogen-bond acceptors (Lipinski definition) is 7. The third kappa shape index (κ3) is 7.20. The molecule has 9 nitrogen and oxygen atoms in total. The summed E-state index contributed by atoms with van der Waals surface area (Å²) in [5.74, 6) is -2.51. The van der Waals surface area contributed by atoms with Crippen molar-refractivity contribution in [1.29, 1.82) is 0 Å². The van der Waals surface area contributed by atoms with Gasteiger partial charge in [-0.25, -0.2) is 27.0 Å². The van der Waals surface area contributed by atoms with E-state index in [-0.39, 0.29) is 33.4 Å². The fourth-order valence-electron chi connectivity index (χ4n) is 4.08. The summed E-state index contributed by atoms with van der Waals surface area (Å²) in [6, 6.07) is 2.64. The summed E-state index contributed by atoms with van der Waals surface area (Å²) in [4.78, 5) is 32.1. The first-order valence-electron chi connectivity index (χ1n) is 11.8. The van der Waals surface area contributed by atoms with Gasteiger partial charge in [0.2, 0.25) is 15.7 Å². The van der Waals surface area contributed by atoms with E-state index < -0.39 is 33.4 Å². The first-order valence-corrected chi connectivity index (χ1v) is 14.3. The van der Waals surface area contributed by atoms with E-state index in [1.807, 2.05) is 13.8 Å². The summed E-state index contributed by atoms with van der Waals surface area (Å²) < 4.78 is 52.6. The maximum Gasteiger partial charge on any atom is 0.328 e. The monoisotopic (exact) mass is 543 g/mol. The van der Waals surface area contributed by atoms with Crippen LogP contribution in [0.1, 0.15) is 39.5 Å². The molecule has 1 aromatic heterocycles. The number of carbonyl (C=O) groups is 2. The number of aromatic nitrogens is 1. The summed E-state index contributed by atoms with van der Waals surface area (Å²) >= 11 is 0.776. The highest BCUT2D eigenvalue weighted by molar-refractivity contribution is 7.93. The lowest BCUT2D eigenvalue weighted by Crippen LogP contribution is -2.39. The summed E-state index contributed by atoms with van der Waals surface area (Å²) in [6.45, 7) is 4.94. The number of amides is 3. The average Bonchev–Trinajstić information content (AvgIpc) is 3.52. The van der Waals surface area contributed by atoms with Crippen molar-refractivity contribution in [2.75, 3.05) is 42.3 Å². The molecule has 0 saturated heterocycles. The second-order valence-electron chi connectivity index (χ2n) is 8.53. The van der Waals surface area contributed by atoms with E-state index in [0.717, 1.165) is 55.3 Å². The highest BCUT2D eigenvalue weighted by Crippen LogP contribution is 2.29. The molecule has 2 aromatic rings. The van der Waals surface area contributed by atoms with Gasteiger partial charge < -0.3 is 4.90 Å². The second-order valence-corrected chi connectivity index (χ2v) is 11.8. The number of anilines is 2. The number of urea groups is 1. The standard InChI is InChI=1S/C23H31F2N5O4S2/c1-3-29(4-2)20(31)12-26-15-36(33,34)21-13-27-22(35-21)28-23(32)30(14-16-7-5-6-8-16)17-9-10-18(24)19(25)11-17/h9-11,13,16,26H,3-8,12,14-15H2,1-2H3,(H,27,28,32). The summed E-state index contributed by atoms with van der Waals surface area (Å²) in [5.41, 5.74) is 0.199. The molecule has 3 rings (SSSR count). The van der Waals surface area contributed by atoms with Crippen molar-refractivity contribution in [3.63, 3.8) is 0 Å². The zero-order chi connectivity index (χ0) is 26.3. The van der Waals surface area contributed by atoms with Crippen LogP contribution in [0.15, 0.2) is 28.6 Å². The summed E-state index contributed by atoms with van der Waals surface area (Å²) in [7, 11) is -3.79. The van der Waals surface area contributed by atoms with Crippen molar-refractivity contribution < 1.29 is 26.8 Å². The number of nitrogens with one attached hydrogen (secondary N) is 2. The second kappa shape index (κ2) is 12.5. The molecule has 1 aromatic carbocycles. The Morgan fingerprint density at radius 1 is 1.14 bits per heavy atom. The van der Waals surface area contributed by atoms with Crippen LogP contribution in [0.2, 0.25) is 0 Å². The van der Waals surface area contributed by atoms with Crippen LogP contribution >= 0.6 is 11.3 Å². The number of sulfone groups is 1. The van der Waals surface area contributed by atoms with Gasteiger partial charge >= 0.3 is 6.03 Å². The number of likely N-dealkylation sites (N-methyl/N-ethyl adjacent to an activating group) is 1. The highest BCUT2D eigenvalue weighted by Gasteiger charge is 2.26. The van der Waals surface area contributed by atoms with Crippen LogP contribution in [0.3, 0.4) is 0 Å². The fraction of sp³-hybridized carbons (Fsp3) is 0.522. The van der Waals surface area contributed by atoms with Crippen molar-refractivity contribution in [3.05, 3.63) is 36.0 Å². The Labute approximate surface area is 213 Å². The van der Waals surface area contributed by atoms with Gasteiger partial charge in [-0.1, -0.05) is 24.2 Å². The quantitative estimate of drug-likeness (QED) is 0.446. The van der Waals surface area contributed by atoms with Gasteiger partial charge in [-0.05, 0) is 44.7 Å². The molecule has 0 bridgehead atoms. The number of carbonyl (C=O) groups excluding carboxylic acids is 2. The molecule has 1 aliphatic carbocycles. The Morgan fingerprint density at radius 3 is 2.47 bits per heavy atom. The van der Waals surface area contributed by atoms with Gasteiger partial charge in [-0.15, -0.1) is 0 Å². The normalized spacial score (nSPS) is 14.1. The molecule has 36 heavy (non-hydrogen) atoms. The van der Waals surface area contributed by atoms with Crippen molar-refractivity contribution in [2.45, 2.75) is 43.7 Å². The third-order valence-corrected chi connectivity index (χ3v) is 9.09. The van der Waals surface area contributed by atoms with Crippen LogP contribution < -0.4 is 15.5 Å². The van der Waals surface area contributed by atoms with Crippen LogP contribution in [-0.2, 0) is 14.6 Å². The van der Waals surface area contributed by atoms with Gasteiger partial charge in [-0.3, -0.25) is 20.3 Å². The topological polar surface area (TPSA) is 112 Å². The predicted molar refractivity (Wildman–Crippen MR) is 135 cm³/mol. The average molecular weight is 544 g/mol. The Kier molecular flexibility index (Phi) is 9.74. The zero-order valence-corrected chi connectivity index (χ0v) is 21.9. The number of rotatable bonds is 11. The Hall–Kier alpha value is -2.64. The number of hydrogen-bond donors (Lipinski definition) is 2. The van der Waals surface area contributed by atoms with E-state index in [9.17, 15) is 26.8 Å². The molecule has 1 aliphatic rings. The number of thiazole rings is 1. The maximum absolute atomic E-state index is 13.9. The van der Waals surface area contributed by atoms with Gasteiger partial charge in [0.25, 0.3) is 0 Å². The maximum atomic E-state index is 13.9.